The molecule has 0 spiro atoms. The van der Waals surface area contributed by atoms with Gasteiger partial charge in [0.05, 0.1) is 50.4 Å². The van der Waals surface area contributed by atoms with Crippen LogP contribution < -0.4 is 0 Å². The molecule has 0 saturated carbocycles. The van der Waals surface area contributed by atoms with E-state index in [2.05, 4.69) is 271 Å². The van der Waals surface area contributed by atoms with Gasteiger partial charge in [-0.15, -0.1) is 0 Å². The summed E-state index contributed by atoms with van der Waals surface area (Å²) in [6.07, 6.45) is 0. The van der Waals surface area contributed by atoms with E-state index in [4.69, 9.17) is 4.98 Å². The molecule has 0 aliphatic heterocycles. The van der Waals surface area contributed by atoms with Gasteiger partial charge in [0, 0.05) is 32.7 Å². The Morgan fingerprint density at radius 1 is 0.295 bits per heavy atom. The SMILES string of the molecule is Cc1cc(C)cc(-c2ccc3c4ccc(-c5cc(C)cc(C)c5)cc4n(-c4cc(-c5cccc(-c6ccccc6)n5)c(-n5c6cc(-c7cc(C)cc(C)c7)ccc6c6ccc(-c7cc(C)cc(C)c7)cc65)cc4C#N)c3c2)c1. The first-order valence-electron chi connectivity index (χ1n) is 27.0. The van der Waals surface area contributed by atoms with Gasteiger partial charge in [0.1, 0.15) is 6.07 Å². The van der Waals surface area contributed by atoms with Crippen LogP contribution in [0.2, 0.25) is 0 Å². The Balaban J connectivity index is 1.16. The van der Waals surface area contributed by atoms with Gasteiger partial charge in [-0.3, -0.25) is 0 Å². The van der Waals surface area contributed by atoms with E-state index in [1.807, 2.05) is 6.07 Å². The van der Waals surface area contributed by atoms with E-state index in [1.54, 1.807) is 0 Å². The van der Waals surface area contributed by atoms with Gasteiger partial charge in [0.25, 0.3) is 0 Å². The second kappa shape index (κ2) is 18.9. The number of aromatic nitrogens is 3. The maximum Gasteiger partial charge on any atom is 0.101 e. The molecular formula is C74H58N4. The molecule has 13 aromatic rings. The minimum absolute atomic E-state index is 0.547. The molecule has 0 amide bonds. The first kappa shape index (κ1) is 48.1. The van der Waals surface area contributed by atoms with Crippen molar-refractivity contribution < 1.29 is 0 Å². The van der Waals surface area contributed by atoms with Crippen molar-refractivity contribution in [2.45, 2.75) is 55.4 Å². The number of aryl methyl sites for hydroxylation is 8. The molecule has 10 aromatic carbocycles. The van der Waals surface area contributed by atoms with E-state index >= 15 is 0 Å². The molecule has 0 N–H and O–H groups in total. The summed E-state index contributed by atoms with van der Waals surface area (Å²) in [7, 11) is 0. The van der Waals surface area contributed by atoms with Crippen LogP contribution in [0.3, 0.4) is 0 Å². The predicted molar refractivity (Wildman–Crippen MR) is 328 cm³/mol. The fourth-order valence-electron chi connectivity index (χ4n) is 12.4. The molecule has 0 unspecified atom stereocenters. The zero-order valence-electron chi connectivity index (χ0n) is 45.4. The van der Waals surface area contributed by atoms with Crippen LogP contribution in [0.1, 0.15) is 50.1 Å². The van der Waals surface area contributed by atoms with Crippen LogP contribution in [-0.4, -0.2) is 14.1 Å². The summed E-state index contributed by atoms with van der Waals surface area (Å²) in [6.45, 7) is 17.3. The maximum absolute atomic E-state index is 11.9. The van der Waals surface area contributed by atoms with Crippen LogP contribution in [-0.2, 0) is 0 Å². The number of hydrogen-bond donors (Lipinski definition) is 0. The van der Waals surface area contributed by atoms with Gasteiger partial charge in [0.15, 0.2) is 0 Å². The van der Waals surface area contributed by atoms with E-state index in [0.717, 1.165) is 111 Å². The molecule has 0 saturated heterocycles. The highest BCUT2D eigenvalue weighted by molar-refractivity contribution is 6.13. The van der Waals surface area contributed by atoms with Crippen LogP contribution in [0.15, 0.2) is 206 Å². The molecule has 0 bridgehead atoms. The summed E-state index contributed by atoms with van der Waals surface area (Å²) in [5, 5.41) is 16.3. The molecule has 3 heterocycles. The lowest BCUT2D eigenvalue weighted by Gasteiger charge is -2.19. The average Bonchev–Trinajstić information content (AvgIpc) is 4.14. The fourth-order valence-corrected chi connectivity index (χ4v) is 12.4. The zero-order valence-corrected chi connectivity index (χ0v) is 45.4. The van der Waals surface area contributed by atoms with Gasteiger partial charge in [-0.2, -0.15) is 5.26 Å². The topological polar surface area (TPSA) is 46.5 Å². The van der Waals surface area contributed by atoms with Crippen LogP contribution in [0.4, 0.5) is 0 Å². The largest absolute Gasteiger partial charge is 0.308 e. The molecule has 78 heavy (non-hydrogen) atoms. The Kier molecular flexibility index (Phi) is 11.7. The standard InChI is InChI=1S/C74H58N4/c1-44-25-45(2)30-57(29-44)53-17-21-62-63-22-18-54(58-31-46(3)26-47(4)32-58)38-71(63)77(70(62)37-53)69-42-66(68-16-12-15-67(76-68)52-13-10-9-11-14-52)74(41-61(69)43-75)78-72-39-55(59-33-48(5)27-49(6)34-59)19-23-64(72)65-24-20-56(40-73(65)78)60-35-50(7)28-51(8)36-60/h9-42H,1-8H3. The molecule has 0 aliphatic carbocycles. The number of nitrogens with zero attached hydrogens (tertiary/aromatic N) is 4. The van der Waals surface area contributed by atoms with Crippen LogP contribution >= 0.6 is 0 Å². The number of fused-ring (bicyclic) bond motifs is 6. The zero-order chi connectivity index (χ0) is 53.5. The molecule has 4 nitrogen and oxygen atoms in total. The van der Waals surface area contributed by atoms with Gasteiger partial charge in [-0.25, -0.2) is 4.98 Å². The van der Waals surface area contributed by atoms with Gasteiger partial charge in [-0.1, -0.05) is 202 Å². The van der Waals surface area contributed by atoms with Gasteiger partial charge in [0.2, 0.25) is 0 Å². The number of pyridine rings is 1. The van der Waals surface area contributed by atoms with Crippen LogP contribution in [0.5, 0.6) is 0 Å². The highest BCUT2D eigenvalue weighted by Crippen LogP contribution is 2.44. The second-order valence-corrected chi connectivity index (χ2v) is 21.9. The summed E-state index contributed by atoms with van der Waals surface area (Å²) in [5.74, 6) is 0. The van der Waals surface area contributed by atoms with Crippen molar-refractivity contribution in [3.05, 3.63) is 256 Å². The fraction of sp³-hybridized carbons (Fsp3) is 0.108. The number of hydrogen-bond acceptors (Lipinski definition) is 2. The Morgan fingerprint density at radius 3 is 1.00 bits per heavy atom. The number of nitriles is 1. The smallest absolute Gasteiger partial charge is 0.101 e. The van der Waals surface area contributed by atoms with E-state index in [-0.39, 0.29) is 0 Å². The Morgan fingerprint density at radius 2 is 0.641 bits per heavy atom. The van der Waals surface area contributed by atoms with Crippen LogP contribution in [0.25, 0.3) is 122 Å². The van der Waals surface area contributed by atoms with Crippen molar-refractivity contribution in [3.8, 4) is 84.5 Å². The van der Waals surface area contributed by atoms with Crippen LogP contribution in [0, 0.1) is 66.7 Å². The highest BCUT2D eigenvalue weighted by atomic mass is 15.0. The Bertz CT molecular complexity index is 4350. The Hall–Kier alpha value is -9.56. The molecule has 3 aromatic heterocycles. The van der Waals surface area contributed by atoms with E-state index < -0.39 is 0 Å². The third-order valence-corrected chi connectivity index (χ3v) is 15.6. The third kappa shape index (κ3) is 8.55. The highest BCUT2D eigenvalue weighted by Gasteiger charge is 2.24. The minimum Gasteiger partial charge on any atom is -0.308 e. The lowest BCUT2D eigenvalue weighted by atomic mass is 9.98. The number of rotatable bonds is 8. The van der Waals surface area contributed by atoms with Crippen molar-refractivity contribution >= 4 is 43.6 Å². The normalized spacial score (nSPS) is 11.6. The van der Waals surface area contributed by atoms with E-state index in [1.165, 1.54) is 55.6 Å². The van der Waals surface area contributed by atoms with Crippen molar-refractivity contribution in [3.63, 3.8) is 0 Å². The minimum atomic E-state index is 0.547. The van der Waals surface area contributed by atoms with Crippen molar-refractivity contribution in [2.75, 3.05) is 0 Å². The van der Waals surface area contributed by atoms with Crippen molar-refractivity contribution in [1.82, 2.24) is 14.1 Å². The molecule has 0 aliphatic rings. The summed E-state index contributed by atoms with van der Waals surface area (Å²) >= 11 is 0. The lowest BCUT2D eigenvalue weighted by Crippen LogP contribution is -2.05. The van der Waals surface area contributed by atoms with Crippen molar-refractivity contribution in [1.29, 1.82) is 5.26 Å². The molecule has 13 rings (SSSR count). The van der Waals surface area contributed by atoms with E-state index in [9.17, 15) is 5.26 Å². The first-order chi connectivity index (χ1) is 37.8. The Labute approximate surface area is 456 Å². The van der Waals surface area contributed by atoms with Gasteiger partial charge >= 0.3 is 0 Å². The molecule has 0 fully saturated rings. The quantitative estimate of drug-likeness (QED) is 0.152. The van der Waals surface area contributed by atoms with Crippen molar-refractivity contribution in [2.24, 2.45) is 0 Å². The summed E-state index contributed by atoms with van der Waals surface area (Å²) < 4.78 is 4.75. The molecule has 4 heteroatoms. The summed E-state index contributed by atoms with van der Waals surface area (Å²) in [5.41, 5.74) is 28.8. The second-order valence-electron chi connectivity index (χ2n) is 21.9. The number of benzene rings is 10. The van der Waals surface area contributed by atoms with E-state index in [0.29, 0.717) is 5.56 Å². The third-order valence-electron chi connectivity index (χ3n) is 15.6. The molecule has 0 radical (unpaired) electrons. The lowest BCUT2D eigenvalue weighted by molar-refractivity contribution is 1.13. The first-order valence-corrected chi connectivity index (χ1v) is 27.0. The van der Waals surface area contributed by atoms with Gasteiger partial charge < -0.3 is 9.13 Å². The molecule has 0 atom stereocenters. The summed E-state index contributed by atoms with van der Waals surface area (Å²) in [4.78, 5) is 5.55. The maximum atomic E-state index is 11.9. The monoisotopic (exact) mass is 1000 g/mol. The van der Waals surface area contributed by atoms with Gasteiger partial charge in [-0.05, 0) is 148 Å². The molecule has 374 valence electrons. The molecular weight excluding hydrogens is 945 g/mol. The summed E-state index contributed by atoms with van der Waals surface area (Å²) in [6, 6.07) is 78.4. The predicted octanol–water partition coefficient (Wildman–Crippen LogP) is 19.6. The average molecular weight is 1000 g/mol.